The highest BCUT2D eigenvalue weighted by Gasteiger charge is 2.35. The van der Waals surface area contributed by atoms with Crippen LogP contribution in [0.4, 0.5) is 10.1 Å². The minimum Gasteiger partial charge on any atom is -0.497 e. The lowest BCUT2D eigenvalue weighted by Gasteiger charge is -2.18. The Morgan fingerprint density at radius 1 is 1.03 bits per heavy atom. The lowest BCUT2D eigenvalue weighted by Crippen LogP contribution is -2.25. The number of para-hydroxylation sites is 3. The van der Waals surface area contributed by atoms with Gasteiger partial charge in [0.15, 0.2) is 0 Å². The zero-order valence-corrected chi connectivity index (χ0v) is 17.2. The first-order valence-electron chi connectivity index (χ1n) is 10.3. The molecule has 2 heterocycles. The van der Waals surface area contributed by atoms with E-state index in [1.54, 1.807) is 25.3 Å². The molecule has 156 valence electrons. The van der Waals surface area contributed by atoms with Crippen molar-refractivity contribution >= 4 is 22.6 Å². The summed E-state index contributed by atoms with van der Waals surface area (Å²) in [4.78, 5) is 19.2. The molecule has 1 amide bonds. The topological polar surface area (TPSA) is 47.4 Å². The van der Waals surface area contributed by atoms with Crippen LogP contribution in [0.1, 0.15) is 23.7 Å². The summed E-state index contributed by atoms with van der Waals surface area (Å²) in [7, 11) is 1.65. The molecule has 0 spiro atoms. The molecule has 5 rings (SSSR count). The van der Waals surface area contributed by atoms with Gasteiger partial charge in [-0.15, -0.1) is 0 Å². The van der Waals surface area contributed by atoms with Crippen molar-refractivity contribution in [2.75, 3.05) is 18.6 Å². The van der Waals surface area contributed by atoms with Crippen LogP contribution in [-0.2, 0) is 11.3 Å². The number of halogens is 1. The van der Waals surface area contributed by atoms with Gasteiger partial charge in [0.1, 0.15) is 17.4 Å². The molecule has 31 heavy (non-hydrogen) atoms. The van der Waals surface area contributed by atoms with Gasteiger partial charge in [-0.05, 0) is 42.0 Å². The van der Waals surface area contributed by atoms with Crippen LogP contribution in [0.15, 0.2) is 72.8 Å². The number of carbonyl (C=O) groups excluding carboxylic acids is 1. The summed E-state index contributed by atoms with van der Waals surface area (Å²) in [6, 6.07) is 22.3. The van der Waals surface area contributed by atoms with Crippen molar-refractivity contribution in [3.63, 3.8) is 0 Å². The Hall–Kier alpha value is -3.67. The number of hydrogen-bond donors (Lipinski definition) is 0. The Morgan fingerprint density at radius 2 is 1.77 bits per heavy atom. The van der Waals surface area contributed by atoms with E-state index >= 15 is 0 Å². The number of fused-ring (bicyclic) bond motifs is 1. The number of methoxy groups -OCH3 is 1. The van der Waals surface area contributed by atoms with Crippen molar-refractivity contribution in [2.24, 2.45) is 0 Å². The second kappa shape index (κ2) is 7.87. The summed E-state index contributed by atoms with van der Waals surface area (Å²) in [6.07, 6.45) is 0.306. The van der Waals surface area contributed by atoms with E-state index in [9.17, 15) is 9.18 Å². The summed E-state index contributed by atoms with van der Waals surface area (Å²) < 4.78 is 21.7. The predicted molar refractivity (Wildman–Crippen MR) is 118 cm³/mol. The van der Waals surface area contributed by atoms with E-state index in [0.29, 0.717) is 25.2 Å². The maximum atomic E-state index is 14.3. The van der Waals surface area contributed by atoms with Gasteiger partial charge in [0, 0.05) is 25.4 Å². The average Bonchev–Trinajstić information content (AvgIpc) is 3.35. The molecule has 6 heteroatoms. The Morgan fingerprint density at radius 3 is 2.55 bits per heavy atom. The zero-order valence-electron chi connectivity index (χ0n) is 17.2. The maximum absolute atomic E-state index is 14.3. The molecule has 0 bridgehead atoms. The van der Waals surface area contributed by atoms with E-state index in [1.807, 2.05) is 48.5 Å². The fraction of sp³-hybridized carbons (Fsp3) is 0.200. The molecule has 3 aromatic carbocycles. The van der Waals surface area contributed by atoms with Crippen LogP contribution >= 0.6 is 0 Å². The van der Waals surface area contributed by atoms with Crippen LogP contribution in [0.25, 0.3) is 11.0 Å². The molecule has 0 radical (unpaired) electrons. The quantitative estimate of drug-likeness (QED) is 0.473. The summed E-state index contributed by atoms with van der Waals surface area (Å²) in [6.45, 7) is 1.04. The monoisotopic (exact) mass is 415 g/mol. The SMILES string of the molecule is COc1ccc(Cn2c(C3CC(=O)N(c4ccccc4F)C3)nc3ccccc32)cc1. The van der Waals surface area contributed by atoms with E-state index in [0.717, 1.165) is 28.2 Å². The van der Waals surface area contributed by atoms with Gasteiger partial charge in [0.25, 0.3) is 0 Å². The van der Waals surface area contributed by atoms with Gasteiger partial charge in [0.05, 0.1) is 23.8 Å². The normalized spacial score (nSPS) is 16.3. The van der Waals surface area contributed by atoms with Crippen LogP contribution in [0.3, 0.4) is 0 Å². The van der Waals surface area contributed by atoms with Crippen molar-refractivity contribution in [1.82, 2.24) is 9.55 Å². The second-order valence-electron chi connectivity index (χ2n) is 7.75. The van der Waals surface area contributed by atoms with E-state index in [4.69, 9.17) is 9.72 Å². The number of aromatic nitrogens is 2. The number of carbonyl (C=O) groups is 1. The Bertz CT molecular complexity index is 1250. The van der Waals surface area contributed by atoms with Gasteiger partial charge in [-0.2, -0.15) is 0 Å². The molecule has 4 aromatic rings. The molecule has 1 atom stereocenters. The minimum atomic E-state index is -0.386. The fourth-order valence-electron chi connectivity index (χ4n) is 4.27. The van der Waals surface area contributed by atoms with E-state index < -0.39 is 0 Å². The molecule has 0 saturated carbocycles. The van der Waals surface area contributed by atoms with E-state index in [2.05, 4.69) is 4.57 Å². The molecule has 1 aliphatic rings. The lowest BCUT2D eigenvalue weighted by atomic mass is 10.1. The lowest BCUT2D eigenvalue weighted by molar-refractivity contribution is -0.117. The third kappa shape index (κ3) is 3.54. The zero-order chi connectivity index (χ0) is 21.4. The smallest absolute Gasteiger partial charge is 0.227 e. The van der Waals surface area contributed by atoms with Crippen LogP contribution in [0, 0.1) is 5.82 Å². The van der Waals surface area contributed by atoms with Crippen molar-refractivity contribution in [3.05, 3.63) is 90.0 Å². The van der Waals surface area contributed by atoms with Crippen LogP contribution in [-0.4, -0.2) is 29.1 Å². The highest BCUT2D eigenvalue weighted by atomic mass is 19.1. The molecule has 0 aliphatic carbocycles. The van der Waals surface area contributed by atoms with Crippen LogP contribution < -0.4 is 9.64 Å². The van der Waals surface area contributed by atoms with Crippen LogP contribution in [0.2, 0.25) is 0 Å². The molecule has 0 N–H and O–H groups in total. The van der Waals surface area contributed by atoms with Gasteiger partial charge < -0.3 is 14.2 Å². The highest BCUT2D eigenvalue weighted by molar-refractivity contribution is 5.96. The highest BCUT2D eigenvalue weighted by Crippen LogP contribution is 2.34. The van der Waals surface area contributed by atoms with Crippen molar-refractivity contribution in [3.8, 4) is 5.75 Å². The van der Waals surface area contributed by atoms with E-state index in [1.165, 1.54) is 11.0 Å². The van der Waals surface area contributed by atoms with E-state index in [-0.39, 0.29) is 17.6 Å². The molecule has 5 nitrogen and oxygen atoms in total. The largest absolute Gasteiger partial charge is 0.497 e. The number of imidazole rings is 1. The third-order valence-corrected chi connectivity index (χ3v) is 5.82. The first-order chi connectivity index (χ1) is 15.1. The standard InChI is InChI=1S/C25H22FN3O2/c1-31-19-12-10-17(11-13-19)15-29-23-9-5-3-7-21(23)27-25(29)18-14-24(30)28(16-18)22-8-4-2-6-20(22)26/h2-13,18H,14-16H2,1H3. The molecule has 1 saturated heterocycles. The van der Waals surface area contributed by atoms with Crippen molar-refractivity contribution in [2.45, 2.75) is 18.9 Å². The first kappa shape index (κ1) is 19.3. The molecular weight excluding hydrogens is 393 g/mol. The number of rotatable bonds is 5. The number of nitrogens with zero attached hydrogens (tertiary/aromatic N) is 3. The van der Waals surface area contributed by atoms with Gasteiger partial charge >= 0.3 is 0 Å². The molecule has 1 aromatic heterocycles. The number of hydrogen-bond acceptors (Lipinski definition) is 3. The number of amides is 1. The Kier molecular flexibility index (Phi) is 4.90. The van der Waals surface area contributed by atoms with Crippen LogP contribution in [0.5, 0.6) is 5.75 Å². The summed E-state index contributed by atoms with van der Waals surface area (Å²) in [5, 5.41) is 0. The minimum absolute atomic E-state index is 0.0850. The maximum Gasteiger partial charge on any atom is 0.227 e. The van der Waals surface area contributed by atoms with Gasteiger partial charge in [-0.3, -0.25) is 4.79 Å². The molecular formula is C25H22FN3O2. The van der Waals surface area contributed by atoms with Gasteiger partial charge in [-0.1, -0.05) is 36.4 Å². The first-order valence-corrected chi connectivity index (χ1v) is 10.3. The Balaban J connectivity index is 1.52. The van der Waals surface area contributed by atoms with Crippen molar-refractivity contribution in [1.29, 1.82) is 0 Å². The molecule has 1 unspecified atom stereocenters. The van der Waals surface area contributed by atoms with Crippen molar-refractivity contribution < 1.29 is 13.9 Å². The average molecular weight is 415 g/mol. The van der Waals surface area contributed by atoms with Gasteiger partial charge in [-0.25, -0.2) is 9.37 Å². The summed E-state index contributed by atoms with van der Waals surface area (Å²) in [5.41, 5.74) is 3.35. The third-order valence-electron chi connectivity index (χ3n) is 5.82. The fourth-order valence-corrected chi connectivity index (χ4v) is 4.27. The summed E-state index contributed by atoms with van der Waals surface area (Å²) in [5.74, 6) is 1.07. The molecule has 1 fully saturated rings. The number of anilines is 1. The number of ether oxygens (including phenoxy) is 1. The van der Waals surface area contributed by atoms with Gasteiger partial charge in [0.2, 0.25) is 5.91 Å². The predicted octanol–water partition coefficient (Wildman–Crippen LogP) is 4.75. The second-order valence-corrected chi connectivity index (χ2v) is 7.75. The summed E-state index contributed by atoms with van der Waals surface area (Å²) >= 11 is 0. The Labute approximate surface area is 179 Å². The number of benzene rings is 3. The molecule has 1 aliphatic heterocycles.